The molecular weight excluding hydrogens is 658 g/mol. The number of aliphatic hydroxyl groups excluding tert-OH is 1. The molecule has 1 saturated heterocycles. The van der Waals surface area contributed by atoms with Crippen molar-refractivity contribution in [2.24, 2.45) is 0 Å². The maximum atomic E-state index is 12.9. The molecule has 0 unspecified atom stereocenters. The van der Waals surface area contributed by atoms with Gasteiger partial charge in [-0.1, -0.05) is 72.8 Å². The first kappa shape index (κ1) is 33.2. The summed E-state index contributed by atoms with van der Waals surface area (Å²) >= 11 is 6.87. The Kier molecular flexibility index (Phi) is 9.46. The van der Waals surface area contributed by atoms with E-state index in [0.29, 0.717) is 28.2 Å². The second-order valence-electron chi connectivity index (χ2n) is 11.7. The van der Waals surface area contributed by atoms with Crippen LogP contribution in [0, 0.1) is 0 Å². The zero-order valence-corrected chi connectivity index (χ0v) is 28.0. The van der Waals surface area contributed by atoms with Gasteiger partial charge in [0.1, 0.15) is 41.0 Å². The first-order valence-corrected chi connectivity index (χ1v) is 16.4. The molecule has 1 aliphatic rings. The lowest BCUT2D eigenvalue weighted by atomic mass is 9.80. The minimum Gasteiger partial charge on any atom is -0.497 e. The van der Waals surface area contributed by atoms with Gasteiger partial charge in [0, 0.05) is 5.56 Å². The third-order valence-electron chi connectivity index (χ3n) is 8.83. The molecule has 0 saturated carbocycles. The number of aliphatic hydroxyl groups is 1. The number of carbonyl (C=O) groups excluding carboxylic acids is 1. The molecule has 254 valence electrons. The number of imidazole rings is 1. The molecular formula is C38H34ClN5O6. The molecule has 6 aromatic rings. The average molecular weight is 692 g/mol. The molecule has 1 aliphatic heterocycles. The minimum atomic E-state index is -1.12. The van der Waals surface area contributed by atoms with Crippen LogP contribution in [0.25, 0.3) is 11.2 Å². The number of hydrogen-bond acceptors (Lipinski definition) is 9. The Morgan fingerprint density at radius 3 is 2.02 bits per heavy atom. The van der Waals surface area contributed by atoms with Gasteiger partial charge in [0.25, 0.3) is 5.91 Å². The lowest BCUT2D eigenvalue weighted by molar-refractivity contribution is -0.0930. The van der Waals surface area contributed by atoms with Crippen molar-refractivity contribution < 1.29 is 28.8 Å². The van der Waals surface area contributed by atoms with Gasteiger partial charge in [0.15, 0.2) is 23.2 Å². The quantitative estimate of drug-likeness (QED) is 0.125. The number of benzene rings is 4. The summed E-state index contributed by atoms with van der Waals surface area (Å²) < 4.78 is 25.9. The van der Waals surface area contributed by atoms with Crippen LogP contribution < -0.4 is 14.8 Å². The highest BCUT2D eigenvalue weighted by atomic mass is 35.5. The highest BCUT2D eigenvalue weighted by molar-refractivity contribution is 6.21. The van der Waals surface area contributed by atoms with Gasteiger partial charge in [-0.2, -0.15) is 0 Å². The van der Waals surface area contributed by atoms with Crippen LogP contribution in [0.1, 0.15) is 33.3 Å². The molecule has 4 aromatic carbocycles. The van der Waals surface area contributed by atoms with E-state index in [1.807, 2.05) is 84.9 Å². The van der Waals surface area contributed by atoms with Crippen LogP contribution in [-0.2, 0) is 15.1 Å². The Hall–Kier alpha value is -5.33. The van der Waals surface area contributed by atoms with Crippen molar-refractivity contribution in [3.05, 3.63) is 144 Å². The third kappa shape index (κ3) is 6.16. The molecule has 50 heavy (non-hydrogen) atoms. The summed E-state index contributed by atoms with van der Waals surface area (Å²) in [5, 5.41) is 13.4. The van der Waals surface area contributed by atoms with E-state index in [1.54, 1.807) is 43.1 Å². The zero-order chi connectivity index (χ0) is 34.7. The van der Waals surface area contributed by atoms with Crippen molar-refractivity contribution in [3.63, 3.8) is 0 Å². The molecule has 11 nitrogen and oxygen atoms in total. The number of amides is 1. The van der Waals surface area contributed by atoms with Gasteiger partial charge < -0.3 is 29.4 Å². The number of rotatable bonds is 11. The highest BCUT2D eigenvalue weighted by Gasteiger charge is 2.47. The van der Waals surface area contributed by atoms with E-state index in [-0.39, 0.29) is 18.3 Å². The summed E-state index contributed by atoms with van der Waals surface area (Å²) in [4.78, 5) is 26.0. The highest BCUT2D eigenvalue weighted by Crippen LogP contribution is 2.43. The van der Waals surface area contributed by atoms with Crippen LogP contribution in [0.4, 0.5) is 5.82 Å². The Morgan fingerprint density at radius 2 is 1.42 bits per heavy atom. The predicted molar refractivity (Wildman–Crippen MR) is 188 cm³/mol. The average Bonchev–Trinajstić information content (AvgIpc) is 3.73. The van der Waals surface area contributed by atoms with Crippen molar-refractivity contribution in [1.29, 1.82) is 0 Å². The number of alkyl halides is 1. The van der Waals surface area contributed by atoms with E-state index in [0.717, 1.165) is 16.7 Å². The summed E-state index contributed by atoms with van der Waals surface area (Å²) in [6.07, 6.45) is 0.0353. The molecule has 2 aromatic heterocycles. The number of anilines is 1. The molecule has 3 heterocycles. The lowest BCUT2D eigenvalue weighted by Crippen LogP contribution is -2.39. The van der Waals surface area contributed by atoms with E-state index in [2.05, 4.69) is 20.3 Å². The fourth-order valence-electron chi connectivity index (χ4n) is 6.25. The predicted octanol–water partition coefficient (Wildman–Crippen LogP) is 5.97. The summed E-state index contributed by atoms with van der Waals surface area (Å²) in [6.45, 7) is -0.0339. The van der Waals surface area contributed by atoms with Gasteiger partial charge in [0.2, 0.25) is 0 Å². The maximum absolute atomic E-state index is 12.9. The molecule has 0 bridgehead atoms. The van der Waals surface area contributed by atoms with Crippen LogP contribution in [0.15, 0.2) is 122 Å². The number of hydrogen-bond donors (Lipinski definition) is 2. The monoisotopic (exact) mass is 691 g/mol. The van der Waals surface area contributed by atoms with Gasteiger partial charge in [-0.25, -0.2) is 15.0 Å². The van der Waals surface area contributed by atoms with Gasteiger partial charge in [-0.3, -0.25) is 9.36 Å². The minimum absolute atomic E-state index is 0.0339. The van der Waals surface area contributed by atoms with Crippen molar-refractivity contribution in [3.8, 4) is 11.5 Å². The SMILES string of the molecule is COc1ccc(C(OC[C@H]2O[C@@H](n3cnc4c(NC(=O)c5ccccc5)ncnc43)[C@H](Cl)[C@@H]2O)(c2ccccc2)c2ccc(OC)cc2)cc1. The van der Waals surface area contributed by atoms with Gasteiger partial charge in [0.05, 0.1) is 27.2 Å². The Balaban J connectivity index is 1.20. The summed E-state index contributed by atoms with van der Waals surface area (Å²) in [6, 6.07) is 34.0. The van der Waals surface area contributed by atoms with Gasteiger partial charge in [-0.05, 0) is 53.1 Å². The number of halogens is 1. The summed E-state index contributed by atoms with van der Waals surface area (Å²) in [7, 11) is 3.24. The standard InChI is InChI=1S/C38H34ClN5O6/c1-47-28-17-13-26(14-18-28)38(25-11-7-4-8-12-25,27-15-19-29(48-2)20-16-27)49-21-30-33(45)31(39)37(50-30)44-23-42-32-34(40-22-41-35(32)44)43-36(46)24-9-5-3-6-10-24/h3-20,22-23,30-31,33,37,45H,21H2,1-2H3,(H,40,41,43,46)/t30-,31-,33-,37-/m1/s1. The van der Waals surface area contributed by atoms with E-state index >= 15 is 0 Å². The number of nitrogens with one attached hydrogen (secondary N) is 1. The van der Waals surface area contributed by atoms with E-state index in [4.69, 9.17) is 30.5 Å². The first-order valence-electron chi connectivity index (χ1n) is 15.9. The molecule has 0 radical (unpaired) electrons. The molecule has 1 fully saturated rings. The smallest absolute Gasteiger partial charge is 0.256 e. The van der Waals surface area contributed by atoms with Crippen molar-refractivity contribution in [1.82, 2.24) is 19.5 Å². The van der Waals surface area contributed by atoms with Gasteiger partial charge in [-0.15, -0.1) is 11.6 Å². The van der Waals surface area contributed by atoms with Gasteiger partial charge >= 0.3 is 0 Å². The van der Waals surface area contributed by atoms with E-state index < -0.39 is 29.4 Å². The summed E-state index contributed by atoms with van der Waals surface area (Å²) in [5.74, 6) is 1.30. The third-order valence-corrected chi connectivity index (χ3v) is 9.31. The number of carbonyl (C=O) groups is 1. The molecule has 2 N–H and O–H groups in total. The fourth-order valence-corrected chi connectivity index (χ4v) is 6.59. The fraction of sp³-hybridized carbons (Fsp3) is 0.211. The molecule has 12 heteroatoms. The molecule has 0 spiro atoms. The molecule has 4 atom stereocenters. The number of nitrogens with zero attached hydrogens (tertiary/aromatic N) is 4. The van der Waals surface area contributed by atoms with Crippen molar-refractivity contribution >= 4 is 34.5 Å². The Labute approximate surface area is 293 Å². The van der Waals surface area contributed by atoms with Crippen LogP contribution in [0.3, 0.4) is 0 Å². The number of aromatic nitrogens is 4. The van der Waals surface area contributed by atoms with Crippen LogP contribution in [-0.4, -0.2) is 68.9 Å². The zero-order valence-electron chi connectivity index (χ0n) is 27.2. The normalized spacial score (nSPS) is 19.0. The largest absolute Gasteiger partial charge is 0.497 e. The molecule has 7 rings (SSSR count). The van der Waals surface area contributed by atoms with Crippen LogP contribution in [0.5, 0.6) is 11.5 Å². The molecule has 1 amide bonds. The van der Waals surface area contributed by atoms with E-state index in [1.165, 1.54) is 12.7 Å². The maximum Gasteiger partial charge on any atom is 0.256 e. The van der Waals surface area contributed by atoms with Crippen molar-refractivity contribution in [2.45, 2.75) is 29.4 Å². The first-order chi connectivity index (χ1) is 24.4. The second kappa shape index (κ2) is 14.3. The second-order valence-corrected chi connectivity index (χ2v) is 12.2. The number of ether oxygens (including phenoxy) is 4. The lowest BCUT2D eigenvalue weighted by Gasteiger charge is -2.37. The van der Waals surface area contributed by atoms with Crippen molar-refractivity contribution in [2.75, 3.05) is 26.1 Å². The van der Waals surface area contributed by atoms with Crippen LogP contribution >= 0.6 is 11.6 Å². The molecule has 0 aliphatic carbocycles. The summed E-state index contributed by atoms with van der Waals surface area (Å²) in [5.41, 5.74) is 2.61. The number of fused-ring (bicyclic) bond motifs is 1. The topological polar surface area (TPSA) is 130 Å². The van der Waals surface area contributed by atoms with Crippen LogP contribution in [0.2, 0.25) is 0 Å². The van der Waals surface area contributed by atoms with E-state index in [9.17, 15) is 9.90 Å². The Morgan fingerprint density at radius 1 is 0.840 bits per heavy atom. The number of methoxy groups -OCH3 is 2. The Bertz CT molecular complexity index is 2010.